The Morgan fingerprint density at radius 2 is 2.00 bits per heavy atom. The van der Waals surface area contributed by atoms with Gasteiger partial charge in [0, 0.05) is 10.6 Å². The minimum atomic E-state index is -0.344. The number of anilines is 1. The van der Waals surface area contributed by atoms with Crippen LogP contribution in [0.1, 0.15) is 12.7 Å². The average Bonchev–Trinajstić information content (AvgIpc) is 3.33. The van der Waals surface area contributed by atoms with Gasteiger partial charge in [0.2, 0.25) is 0 Å². The molecule has 1 N–H and O–H groups in total. The van der Waals surface area contributed by atoms with Crippen molar-refractivity contribution in [1.82, 2.24) is 20.6 Å². The van der Waals surface area contributed by atoms with Gasteiger partial charge in [-0.2, -0.15) is 15.3 Å². The first kappa shape index (κ1) is 15.3. The molecule has 124 valence electrons. The van der Waals surface area contributed by atoms with Crippen LogP contribution in [0.5, 0.6) is 0 Å². The van der Waals surface area contributed by atoms with E-state index in [-0.39, 0.29) is 11.9 Å². The molecule has 0 saturated heterocycles. The van der Waals surface area contributed by atoms with Crippen LogP contribution in [0, 0.1) is 0 Å². The van der Waals surface area contributed by atoms with Crippen LogP contribution >= 0.6 is 11.6 Å². The summed E-state index contributed by atoms with van der Waals surface area (Å²) in [6.45, 7) is 1.73. The molecule has 0 unspecified atom stereocenters. The largest absolute Gasteiger partial charge is 0.457 e. The van der Waals surface area contributed by atoms with Gasteiger partial charge in [-0.1, -0.05) is 16.7 Å². The van der Waals surface area contributed by atoms with Gasteiger partial charge < -0.3 is 4.42 Å². The molecule has 1 aliphatic rings. The first-order valence-electron chi connectivity index (χ1n) is 7.33. The number of carbonyl (C=O) groups is 1. The molecule has 4 rings (SSSR count). The number of hydrazone groups is 1. The summed E-state index contributed by atoms with van der Waals surface area (Å²) in [5.74, 6) is 0.966. The summed E-state index contributed by atoms with van der Waals surface area (Å²) in [7, 11) is 0. The van der Waals surface area contributed by atoms with Crippen molar-refractivity contribution in [2.75, 3.05) is 5.01 Å². The van der Waals surface area contributed by atoms with E-state index in [0.29, 0.717) is 27.8 Å². The van der Waals surface area contributed by atoms with Crippen molar-refractivity contribution in [3.05, 3.63) is 52.8 Å². The van der Waals surface area contributed by atoms with Gasteiger partial charge in [-0.25, -0.2) is 0 Å². The van der Waals surface area contributed by atoms with Crippen LogP contribution in [0.3, 0.4) is 0 Å². The number of tetrazole rings is 1. The third-order valence-corrected chi connectivity index (χ3v) is 3.88. The quantitative estimate of drug-likeness (QED) is 0.729. The van der Waals surface area contributed by atoms with E-state index >= 15 is 0 Å². The fraction of sp³-hybridized carbons (Fsp3) is 0.0625. The predicted molar refractivity (Wildman–Crippen MR) is 91.9 cm³/mol. The molecule has 1 aliphatic heterocycles. The molecular formula is C16H11ClN6O2. The molecule has 0 fully saturated rings. The lowest BCUT2D eigenvalue weighted by Crippen LogP contribution is -2.22. The molecule has 0 saturated carbocycles. The summed E-state index contributed by atoms with van der Waals surface area (Å²) in [5.41, 5.74) is 1.84. The molecule has 0 aliphatic carbocycles. The van der Waals surface area contributed by atoms with E-state index in [9.17, 15) is 4.79 Å². The third kappa shape index (κ3) is 2.83. The number of carbonyl (C=O) groups excluding carboxylic acids is 1. The second kappa shape index (κ2) is 5.99. The van der Waals surface area contributed by atoms with E-state index in [4.69, 9.17) is 16.0 Å². The molecule has 0 radical (unpaired) electrons. The van der Waals surface area contributed by atoms with E-state index in [1.54, 1.807) is 31.2 Å². The van der Waals surface area contributed by atoms with Crippen molar-refractivity contribution in [1.29, 1.82) is 0 Å². The standard InChI is InChI=1S/C16H11ClN6O2/c1-9-13(15(24)23(20-9)16-18-21-22-19-16)8-12-6-7-14(25-12)10-2-4-11(17)5-3-10/h2-8H,1H3,(H,18,19,21,22)/b13-8-. The number of amides is 1. The highest BCUT2D eigenvalue weighted by Gasteiger charge is 2.31. The van der Waals surface area contributed by atoms with E-state index in [1.165, 1.54) is 0 Å². The summed E-state index contributed by atoms with van der Waals surface area (Å²) >= 11 is 5.89. The van der Waals surface area contributed by atoms with Crippen molar-refractivity contribution in [2.24, 2.45) is 5.10 Å². The number of rotatable bonds is 3. The molecule has 9 heteroatoms. The molecule has 0 bridgehead atoms. The Kier molecular flexibility index (Phi) is 3.66. The Hall–Kier alpha value is -3.26. The molecular weight excluding hydrogens is 344 g/mol. The number of halogens is 1. The summed E-state index contributed by atoms with van der Waals surface area (Å²) in [6, 6.07) is 10.9. The SMILES string of the molecule is CC1=NN(c2nn[nH]n2)C(=O)/C1=C\c1ccc(-c2ccc(Cl)cc2)o1. The van der Waals surface area contributed by atoms with Crippen LogP contribution in [0.25, 0.3) is 17.4 Å². The van der Waals surface area contributed by atoms with Gasteiger partial charge >= 0.3 is 0 Å². The van der Waals surface area contributed by atoms with Gasteiger partial charge in [0.25, 0.3) is 11.9 Å². The number of hydrogen-bond donors (Lipinski definition) is 1. The summed E-state index contributed by atoms with van der Waals surface area (Å²) in [5, 5.41) is 19.2. The smallest absolute Gasteiger partial charge is 0.293 e. The molecule has 3 heterocycles. The first-order chi connectivity index (χ1) is 12.1. The fourth-order valence-electron chi connectivity index (χ4n) is 2.41. The van der Waals surface area contributed by atoms with E-state index < -0.39 is 0 Å². The highest BCUT2D eigenvalue weighted by molar-refractivity contribution is 6.31. The number of hydrogen-bond acceptors (Lipinski definition) is 6. The zero-order valence-corrected chi connectivity index (χ0v) is 13.7. The van der Waals surface area contributed by atoms with E-state index in [2.05, 4.69) is 25.7 Å². The zero-order chi connectivity index (χ0) is 17.4. The maximum atomic E-state index is 12.5. The minimum Gasteiger partial charge on any atom is -0.457 e. The van der Waals surface area contributed by atoms with Gasteiger partial charge in [0.15, 0.2) is 0 Å². The van der Waals surface area contributed by atoms with Gasteiger partial charge in [-0.15, -0.1) is 5.10 Å². The molecule has 8 nitrogen and oxygen atoms in total. The van der Waals surface area contributed by atoms with Crippen LogP contribution in [-0.4, -0.2) is 32.2 Å². The molecule has 3 aromatic rings. The monoisotopic (exact) mass is 354 g/mol. The molecule has 0 spiro atoms. The average molecular weight is 355 g/mol. The zero-order valence-electron chi connectivity index (χ0n) is 13.0. The fourth-order valence-corrected chi connectivity index (χ4v) is 2.53. The second-order valence-corrected chi connectivity index (χ2v) is 5.72. The van der Waals surface area contributed by atoms with Crippen LogP contribution in [0.4, 0.5) is 5.95 Å². The number of benzene rings is 1. The molecule has 2 aromatic heterocycles. The number of furan rings is 1. The molecule has 0 atom stereocenters. The Labute approximate surface area is 146 Å². The number of nitrogens with one attached hydrogen (secondary N) is 1. The highest BCUT2D eigenvalue weighted by Crippen LogP contribution is 2.26. The Bertz CT molecular complexity index is 988. The number of H-pyrrole nitrogens is 1. The van der Waals surface area contributed by atoms with Gasteiger partial charge in [0.1, 0.15) is 11.5 Å². The van der Waals surface area contributed by atoms with Crippen molar-refractivity contribution in [3.63, 3.8) is 0 Å². The lowest BCUT2D eigenvalue weighted by Gasteiger charge is -2.03. The van der Waals surface area contributed by atoms with Crippen molar-refractivity contribution in [2.45, 2.75) is 6.92 Å². The number of aromatic amines is 1. The molecule has 1 aromatic carbocycles. The maximum Gasteiger partial charge on any atom is 0.293 e. The lowest BCUT2D eigenvalue weighted by atomic mass is 10.1. The highest BCUT2D eigenvalue weighted by atomic mass is 35.5. The van der Waals surface area contributed by atoms with Gasteiger partial charge in [-0.05, 0) is 54.6 Å². The molecule has 1 amide bonds. The van der Waals surface area contributed by atoms with Crippen LogP contribution in [0.2, 0.25) is 5.02 Å². The Balaban J connectivity index is 1.62. The Morgan fingerprint density at radius 1 is 1.20 bits per heavy atom. The second-order valence-electron chi connectivity index (χ2n) is 5.28. The lowest BCUT2D eigenvalue weighted by molar-refractivity contribution is -0.114. The van der Waals surface area contributed by atoms with E-state index in [1.807, 2.05) is 18.2 Å². The third-order valence-electron chi connectivity index (χ3n) is 3.63. The normalized spacial score (nSPS) is 15.9. The maximum absolute atomic E-state index is 12.5. The van der Waals surface area contributed by atoms with Crippen molar-refractivity contribution in [3.8, 4) is 11.3 Å². The molecule has 25 heavy (non-hydrogen) atoms. The minimum absolute atomic E-state index is 0.0917. The van der Waals surface area contributed by atoms with Gasteiger partial charge in [0.05, 0.1) is 11.3 Å². The topological polar surface area (TPSA) is 100 Å². The van der Waals surface area contributed by atoms with Crippen molar-refractivity contribution < 1.29 is 9.21 Å². The van der Waals surface area contributed by atoms with Gasteiger partial charge in [-0.3, -0.25) is 4.79 Å². The summed E-state index contributed by atoms with van der Waals surface area (Å²) in [4.78, 5) is 12.5. The number of aromatic nitrogens is 4. The van der Waals surface area contributed by atoms with Crippen molar-refractivity contribution >= 4 is 35.2 Å². The first-order valence-corrected chi connectivity index (χ1v) is 7.70. The van der Waals surface area contributed by atoms with Crippen LogP contribution in [0.15, 0.2) is 51.5 Å². The predicted octanol–water partition coefficient (Wildman–Crippen LogP) is 2.92. The van der Waals surface area contributed by atoms with E-state index in [0.717, 1.165) is 10.6 Å². The Morgan fingerprint density at radius 3 is 2.72 bits per heavy atom. The number of nitrogens with zero attached hydrogens (tertiary/aromatic N) is 5. The summed E-state index contributed by atoms with van der Waals surface area (Å²) < 4.78 is 5.80. The van der Waals surface area contributed by atoms with Crippen LogP contribution in [-0.2, 0) is 4.79 Å². The summed E-state index contributed by atoms with van der Waals surface area (Å²) in [6.07, 6.45) is 1.64. The van der Waals surface area contributed by atoms with Crippen LogP contribution < -0.4 is 5.01 Å².